The number of hydrogen-bond acceptors (Lipinski definition) is 8. The number of rotatable bonds is 9. The Hall–Kier alpha value is -5.32. The Morgan fingerprint density at radius 3 is 2.44 bits per heavy atom. The van der Waals surface area contributed by atoms with Gasteiger partial charge in [0.05, 0.1) is 37.9 Å². The third kappa shape index (κ3) is 4.93. The number of amides is 1. The van der Waals surface area contributed by atoms with E-state index >= 15 is 0 Å². The number of non-ortho nitro benzene ring substituents is 1. The van der Waals surface area contributed by atoms with E-state index in [4.69, 9.17) is 14.2 Å². The number of aromatic nitrogens is 1. The summed E-state index contributed by atoms with van der Waals surface area (Å²) < 4.78 is 16.3. The average molecular weight is 558 g/mol. The highest BCUT2D eigenvalue weighted by Crippen LogP contribution is 2.44. The van der Waals surface area contributed by atoms with Gasteiger partial charge in [-0.25, -0.2) is 0 Å². The zero-order valence-electron chi connectivity index (χ0n) is 22.5. The Balaban J connectivity index is 1.63. The SMILES string of the molecule is COc1ccc(OC)c([C@H]2C(=C(O)c3cccc([N+](=O)[O-])c3)C(=O)C(=O)N2CCc2c[nH]c3ccc(OC)cc23)c1. The Morgan fingerprint density at radius 1 is 1.00 bits per heavy atom. The number of ether oxygens (including phenoxy) is 3. The maximum atomic E-state index is 13.5. The molecule has 1 saturated heterocycles. The molecule has 11 nitrogen and oxygen atoms in total. The molecule has 5 rings (SSSR count). The number of carbonyl (C=O) groups is 2. The predicted octanol–water partition coefficient (Wildman–Crippen LogP) is 4.77. The molecule has 2 heterocycles. The van der Waals surface area contributed by atoms with Gasteiger partial charge < -0.3 is 29.2 Å². The van der Waals surface area contributed by atoms with Crippen molar-refractivity contribution in [2.75, 3.05) is 27.9 Å². The van der Waals surface area contributed by atoms with Crippen LogP contribution in [0.15, 0.2) is 72.4 Å². The summed E-state index contributed by atoms with van der Waals surface area (Å²) in [6.45, 7) is 0.117. The second kappa shape index (κ2) is 11.0. The van der Waals surface area contributed by atoms with Gasteiger partial charge in [0.15, 0.2) is 0 Å². The van der Waals surface area contributed by atoms with Gasteiger partial charge in [0.1, 0.15) is 23.0 Å². The Labute approximate surface area is 234 Å². The Kier molecular flexibility index (Phi) is 7.34. The molecule has 0 spiro atoms. The molecule has 1 atom stereocenters. The third-order valence-electron chi connectivity index (χ3n) is 7.20. The molecule has 41 heavy (non-hydrogen) atoms. The second-order valence-corrected chi connectivity index (χ2v) is 9.38. The van der Waals surface area contributed by atoms with Gasteiger partial charge in [-0.1, -0.05) is 12.1 Å². The number of aromatic amines is 1. The van der Waals surface area contributed by atoms with Crippen molar-refractivity contribution in [1.82, 2.24) is 9.88 Å². The fourth-order valence-electron chi connectivity index (χ4n) is 5.14. The number of aliphatic hydroxyl groups is 1. The Bertz CT molecular complexity index is 1710. The van der Waals surface area contributed by atoms with Gasteiger partial charge in [0, 0.05) is 46.9 Å². The van der Waals surface area contributed by atoms with Crippen LogP contribution in [0.4, 0.5) is 5.69 Å². The summed E-state index contributed by atoms with van der Waals surface area (Å²) in [6.07, 6.45) is 2.21. The van der Waals surface area contributed by atoms with E-state index in [-0.39, 0.29) is 23.4 Å². The first-order valence-electron chi connectivity index (χ1n) is 12.7. The zero-order valence-corrected chi connectivity index (χ0v) is 22.5. The molecule has 0 bridgehead atoms. The fraction of sp³-hybridized carbons (Fsp3) is 0.200. The third-order valence-corrected chi connectivity index (χ3v) is 7.20. The van der Waals surface area contributed by atoms with Crippen LogP contribution in [-0.4, -0.2) is 59.5 Å². The van der Waals surface area contributed by atoms with Crippen LogP contribution in [-0.2, 0) is 16.0 Å². The summed E-state index contributed by atoms with van der Waals surface area (Å²) in [6, 6.07) is 14.8. The molecule has 1 aliphatic heterocycles. The maximum Gasteiger partial charge on any atom is 0.295 e. The molecule has 1 aliphatic rings. The van der Waals surface area contributed by atoms with Crippen molar-refractivity contribution >= 4 is 34.0 Å². The number of ketones is 1. The number of nitro benzene ring substituents is 1. The monoisotopic (exact) mass is 557 g/mol. The number of H-pyrrole nitrogens is 1. The van der Waals surface area contributed by atoms with E-state index in [1.807, 2.05) is 24.4 Å². The highest BCUT2D eigenvalue weighted by molar-refractivity contribution is 6.46. The van der Waals surface area contributed by atoms with Crippen molar-refractivity contribution in [3.63, 3.8) is 0 Å². The fourth-order valence-corrected chi connectivity index (χ4v) is 5.14. The van der Waals surface area contributed by atoms with Gasteiger partial charge in [0.2, 0.25) is 0 Å². The van der Waals surface area contributed by atoms with Gasteiger partial charge in [-0.2, -0.15) is 0 Å². The molecule has 0 unspecified atom stereocenters. The smallest absolute Gasteiger partial charge is 0.295 e. The first kappa shape index (κ1) is 27.3. The number of nitro groups is 1. The first-order chi connectivity index (χ1) is 19.8. The van der Waals surface area contributed by atoms with E-state index in [0.717, 1.165) is 22.5 Å². The van der Waals surface area contributed by atoms with Gasteiger partial charge in [-0.15, -0.1) is 0 Å². The van der Waals surface area contributed by atoms with Crippen LogP contribution in [0.5, 0.6) is 17.2 Å². The van der Waals surface area contributed by atoms with E-state index in [1.54, 1.807) is 25.3 Å². The zero-order chi connectivity index (χ0) is 29.3. The number of aliphatic hydroxyl groups excluding tert-OH is 1. The summed E-state index contributed by atoms with van der Waals surface area (Å²) in [7, 11) is 4.52. The standard InChI is InChI=1S/C30H27N3O8/c1-39-20-7-9-24-22(14-20)18(16-31-24)11-12-32-27(23-15-21(40-2)8-10-25(23)41-3)26(29(35)30(32)36)28(34)17-5-4-6-19(13-17)33(37)38/h4-10,13-16,27,31,34H,11-12H2,1-3H3/t27-/m0/s1. The van der Waals surface area contributed by atoms with Crippen molar-refractivity contribution in [2.45, 2.75) is 12.5 Å². The van der Waals surface area contributed by atoms with E-state index in [1.165, 1.54) is 37.3 Å². The van der Waals surface area contributed by atoms with Crippen LogP contribution in [0, 0.1) is 10.1 Å². The van der Waals surface area contributed by atoms with Crippen LogP contribution in [0.25, 0.3) is 16.7 Å². The molecule has 11 heteroatoms. The quantitative estimate of drug-likeness (QED) is 0.0985. The first-order valence-corrected chi connectivity index (χ1v) is 12.7. The van der Waals surface area contributed by atoms with Crippen LogP contribution < -0.4 is 14.2 Å². The van der Waals surface area contributed by atoms with Gasteiger partial charge in [0.25, 0.3) is 17.4 Å². The van der Waals surface area contributed by atoms with Crippen LogP contribution in [0.2, 0.25) is 0 Å². The number of carbonyl (C=O) groups excluding carboxylic acids is 2. The highest BCUT2D eigenvalue weighted by atomic mass is 16.6. The largest absolute Gasteiger partial charge is 0.507 e. The molecular formula is C30H27N3O8. The van der Waals surface area contributed by atoms with Crippen LogP contribution in [0.3, 0.4) is 0 Å². The van der Waals surface area contributed by atoms with E-state index in [9.17, 15) is 24.8 Å². The molecule has 0 aliphatic carbocycles. The van der Waals surface area contributed by atoms with E-state index < -0.39 is 28.4 Å². The molecule has 3 aromatic carbocycles. The molecule has 4 aromatic rings. The molecule has 1 amide bonds. The summed E-state index contributed by atoms with van der Waals surface area (Å²) in [5.41, 5.74) is 1.76. The summed E-state index contributed by atoms with van der Waals surface area (Å²) in [5.74, 6) is -0.762. The number of nitrogens with one attached hydrogen (secondary N) is 1. The number of fused-ring (bicyclic) bond motifs is 1. The molecule has 1 fully saturated rings. The average Bonchev–Trinajstić information content (AvgIpc) is 3.52. The molecule has 0 radical (unpaired) electrons. The minimum Gasteiger partial charge on any atom is -0.507 e. The lowest BCUT2D eigenvalue weighted by molar-refractivity contribution is -0.384. The Morgan fingerprint density at radius 2 is 1.73 bits per heavy atom. The summed E-state index contributed by atoms with van der Waals surface area (Å²) in [5, 5.41) is 23.7. The van der Waals surface area contributed by atoms with Crippen LogP contribution in [0.1, 0.15) is 22.7 Å². The maximum absolute atomic E-state index is 13.5. The number of nitrogens with zero attached hydrogens (tertiary/aromatic N) is 2. The molecule has 0 saturated carbocycles. The number of methoxy groups -OCH3 is 3. The van der Waals surface area contributed by atoms with Crippen molar-refractivity contribution in [3.8, 4) is 17.2 Å². The van der Waals surface area contributed by atoms with Crippen LogP contribution >= 0.6 is 0 Å². The van der Waals surface area contributed by atoms with E-state index in [0.29, 0.717) is 29.2 Å². The summed E-state index contributed by atoms with van der Waals surface area (Å²) >= 11 is 0. The summed E-state index contributed by atoms with van der Waals surface area (Å²) in [4.78, 5) is 42.4. The lowest BCUT2D eigenvalue weighted by atomic mass is 9.94. The van der Waals surface area contributed by atoms with Gasteiger partial charge >= 0.3 is 0 Å². The topological polar surface area (TPSA) is 144 Å². The van der Waals surface area contributed by atoms with Crippen molar-refractivity contribution in [3.05, 3.63) is 99.2 Å². The van der Waals surface area contributed by atoms with Gasteiger partial charge in [-0.05, 0) is 48.4 Å². The molecule has 1 aromatic heterocycles. The number of Topliss-reactive ketones (excluding diaryl/α,β-unsaturated/α-hetero) is 1. The minimum absolute atomic E-state index is 0.0350. The van der Waals surface area contributed by atoms with Crippen molar-refractivity contribution in [1.29, 1.82) is 0 Å². The normalized spacial score (nSPS) is 16.3. The number of likely N-dealkylation sites (tertiary alicyclic amines) is 1. The highest BCUT2D eigenvalue weighted by Gasteiger charge is 2.47. The lowest BCUT2D eigenvalue weighted by Crippen LogP contribution is -2.31. The predicted molar refractivity (Wildman–Crippen MR) is 150 cm³/mol. The number of benzene rings is 3. The molecular weight excluding hydrogens is 530 g/mol. The van der Waals surface area contributed by atoms with Gasteiger partial charge in [-0.3, -0.25) is 19.7 Å². The minimum atomic E-state index is -1.06. The van der Waals surface area contributed by atoms with E-state index in [2.05, 4.69) is 4.98 Å². The number of hydrogen-bond donors (Lipinski definition) is 2. The lowest BCUT2D eigenvalue weighted by Gasteiger charge is -2.27. The van der Waals surface area contributed by atoms with Crippen molar-refractivity contribution in [2.24, 2.45) is 0 Å². The molecule has 2 N–H and O–H groups in total. The second-order valence-electron chi connectivity index (χ2n) is 9.38. The van der Waals surface area contributed by atoms with Crippen molar-refractivity contribution < 1.29 is 33.8 Å². The molecule has 210 valence electrons.